The van der Waals surface area contributed by atoms with Crippen LogP contribution < -0.4 is 10.1 Å². The number of hydrogen-bond acceptors (Lipinski definition) is 4. The van der Waals surface area contributed by atoms with Crippen molar-refractivity contribution in [2.45, 2.75) is 37.9 Å². The van der Waals surface area contributed by atoms with Crippen LogP contribution in [0.4, 0.5) is 22.0 Å². The Morgan fingerprint density at radius 2 is 1.77 bits per heavy atom. The van der Waals surface area contributed by atoms with E-state index >= 15 is 0 Å². The van der Waals surface area contributed by atoms with Gasteiger partial charge < -0.3 is 10.1 Å². The number of nitrogens with one attached hydrogen (secondary N) is 1. The second kappa shape index (κ2) is 8.79. The monoisotopic (exact) mass is 493 g/mol. The molecule has 0 saturated heterocycles. The number of rotatable bonds is 7. The molecule has 4 rings (SSSR count). The summed E-state index contributed by atoms with van der Waals surface area (Å²) in [5.41, 5.74) is -2.06. The van der Waals surface area contributed by atoms with Gasteiger partial charge in [0.1, 0.15) is 17.0 Å². The molecule has 1 fully saturated rings. The van der Waals surface area contributed by atoms with E-state index in [0.717, 1.165) is 16.8 Å². The zero-order valence-electron chi connectivity index (χ0n) is 18.6. The molecule has 1 aromatic heterocycles. The predicted octanol–water partition coefficient (Wildman–Crippen LogP) is 5.79. The summed E-state index contributed by atoms with van der Waals surface area (Å²) in [4.78, 5) is 24.7. The maximum atomic E-state index is 13.7. The molecule has 1 N–H and O–H groups in total. The van der Waals surface area contributed by atoms with Gasteiger partial charge in [-0.25, -0.2) is 13.5 Å². The number of aromatic nitrogens is 2. The Bertz CT molecular complexity index is 1280. The average molecular weight is 493 g/mol. The minimum absolute atomic E-state index is 0.126. The van der Waals surface area contributed by atoms with Gasteiger partial charge in [0.15, 0.2) is 5.78 Å². The van der Waals surface area contributed by atoms with Gasteiger partial charge in [-0.15, -0.1) is 0 Å². The summed E-state index contributed by atoms with van der Waals surface area (Å²) in [6.07, 6.45) is -6.71. The van der Waals surface area contributed by atoms with Gasteiger partial charge in [0, 0.05) is 12.6 Å². The third kappa shape index (κ3) is 4.89. The first kappa shape index (κ1) is 24.4. The fourth-order valence-electron chi connectivity index (χ4n) is 3.77. The highest BCUT2D eigenvalue weighted by atomic mass is 19.4. The summed E-state index contributed by atoms with van der Waals surface area (Å²) in [6.45, 7) is 1.42. The van der Waals surface area contributed by atoms with Crippen molar-refractivity contribution in [1.82, 2.24) is 15.1 Å². The number of Topliss-reactive ketones (excluding diaryl/α,β-unsaturated/α-hetero) is 1. The Hall–Kier alpha value is -3.76. The number of aryl methyl sites for hydroxylation is 1. The molecule has 1 amide bonds. The van der Waals surface area contributed by atoms with Gasteiger partial charge in [0.2, 0.25) is 5.88 Å². The number of ketones is 1. The van der Waals surface area contributed by atoms with E-state index in [0.29, 0.717) is 30.0 Å². The number of alkyl halides is 5. The van der Waals surface area contributed by atoms with Gasteiger partial charge >= 0.3 is 6.18 Å². The SMILES string of the molecule is CC(=O)c1ccc(C2(NC(=O)c3c(C(F)F)nn(C)c3Oc3cccc(C(F)(F)F)c3)CC2)cc1. The van der Waals surface area contributed by atoms with Crippen LogP contribution in [0.15, 0.2) is 48.5 Å². The van der Waals surface area contributed by atoms with E-state index < -0.39 is 46.7 Å². The molecule has 0 unspecified atom stereocenters. The van der Waals surface area contributed by atoms with Crippen molar-refractivity contribution in [3.8, 4) is 11.6 Å². The first-order valence-electron chi connectivity index (χ1n) is 10.6. The van der Waals surface area contributed by atoms with E-state index in [1.807, 2.05) is 0 Å². The summed E-state index contributed by atoms with van der Waals surface area (Å²) in [5, 5.41) is 6.42. The van der Waals surface area contributed by atoms with Crippen molar-refractivity contribution in [2.24, 2.45) is 7.05 Å². The smallest absolute Gasteiger partial charge is 0.416 e. The highest BCUT2D eigenvalue weighted by molar-refractivity contribution is 5.99. The highest BCUT2D eigenvalue weighted by Gasteiger charge is 2.47. The van der Waals surface area contributed by atoms with Gasteiger partial charge in [-0.05, 0) is 43.5 Å². The number of carbonyl (C=O) groups excluding carboxylic acids is 2. The molecule has 1 aliphatic rings. The minimum Gasteiger partial charge on any atom is -0.438 e. The standard InChI is InChI=1S/C24H20F5N3O3/c1-13(33)14-6-8-15(9-7-14)23(10-11-23)30-21(34)18-19(20(25)26)31-32(2)22(18)35-17-5-3-4-16(12-17)24(27,28)29/h3-9,12,20H,10-11H2,1-2H3,(H,30,34). The quantitative estimate of drug-likeness (QED) is 0.334. The van der Waals surface area contributed by atoms with Crippen LogP contribution in [0.1, 0.15) is 63.7 Å². The molecule has 2 aromatic carbocycles. The molecule has 0 aliphatic heterocycles. The van der Waals surface area contributed by atoms with Gasteiger partial charge in [0.25, 0.3) is 12.3 Å². The van der Waals surface area contributed by atoms with Crippen molar-refractivity contribution in [3.05, 3.63) is 76.5 Å². The minimum atomic E-state index is -4.64. The van der Waals surface area contributed by atoms with Crippen LogP contribution in [0.5, 0.6) is 11.6 Å². The van der Waals surface area contributed by atoms with Crippen LogP contribution in [-0.4, -0.2) is 21.5 Å². The Labute approximate surface area is 196 Å². The number of benzene rings is 2. The maximum absolute atomic E-state index is 13.7. The molecular weight excluding hydrogens is 473 g/mol. The molecule has 11 heteroatoms. The van der Waals surface area contributed by atoms with E-state index in [9.17, 15) is 31.5 Å². The average Bonchev–Trinajstić information content (AvgIpc) is 3.50. The Morgan fingerprint density at radius 3 is 2.31 bits per heavy atom. The molecule has 35 heavy (non-hydrogen) atoms. The number of ether oxygens (including phenoxy) is 1. The van der Waals surface area contributed by atoms with Crippen molar-refractivity contribution >= 4 is 11.7 Å². The van der Waals surface area contributed by atoms with Gasteiger partial charge in [0.05, 0.1) is 11.1 Å². The highest BCUT2D eigenvalue weighted by Crippen LogP contribution is 2.46. The number of carbonyl (C=O) groups is 2. The van der Waals surface area contributed by atoms with Crippen LogP contribution in [-0.2, 0) is 18.8 Å². The van der Waals surface area contributed by atoms with Crippen LogP contribution >= 0.6 is 0 Å². The van der Waals surface area contributed by atoms with Crippen LogP contribution in [0, 0.1) is 0 Å². The lowest BCUT2D eigenvalue weighted by atomic mass is 10.0. The van der Waals surface area contributed by atoms with Gasteiger partial charge in [-0.3, -0.25) is 9.59 Å². The zero-order chi connectivity index (χ0) is 25.5. The fraction of sp³-hybridized carbons (Fsp3) is 0.292. The molecular formula is C24H20F5N3O3. The molecule has 1 heterocycles. The molecule has 0 atom stereocenters. The largest absolute Gasteiger partial charge is 0.438 e. The molecule has 3 aromatic rings. The number of nitrogens with zero attached hydrogens (tertiary/aromatic N) is 2. The first-order valence-corrected chi connectivity index (χ1v) is 10.6. The number of amides is 1. The van der Waals surface area contributed by atoms with Crippen molar-refractivity contribution < 1.29 is 36.3 Å². The van der Waals surface area contributed by atoms with Crippen LogP contribution in [0.3, 0.4) is 0 Å². The van der Waals surface area contributed by atoms with Crippen molar-refractivity contribution in [2.75, 3.05) is 0 Å². The first-order chi connectivity index (χ1) is 16.4. The molecule has 1 aliphatic carbocycles. The molecule has 0 spiro atoms. The van der Waals surface area contributed by atoms with E-state index in [1.54, 1.807) is 24.3 Å². The van der Waals surface area contributed by atoms with Crippen molar-refractivity contribution in [3.63, 3.8) is 0 Å². The lowest BCUT2D eigenvalue weighted by Gasteiger charge is -2.19. The Balaban J connectivity index is 1.66. The number of hydrogen-bond donors (Lipinski definition) is 1. The fourth-order valence-corrected chi connectivity index (χ4v) is 3.77. The lowest BCUT2D eigenvalue weighted by molar-refractivity contribution is -0.137. The molecule has 1 saturated carbocycles. The molecule has 184 valence electrons. The second-order valence-corrected chi connectivity index (χ2v) is 8.29. The molecule has 0 bridgehead atoms. The van der Waals surface area contributed by atoms with Crippen LogP contribution in [0.2, 0.25) is 0 Å². The summed E-state index contributed by atoms with van der Waals surface area (Å²) < 4.78 is 73.1. The summed E-state index contributed by atoms with van der Waals surface area (Å²) >= 11 is 0. The van der Waals surface area contributed by atoms with E-state index in [1.165, 1.54) is 20.0 Å². The van der Waals surface area contributed by atoms with E-state index in [-0.39, 0.29) is 11.5 Å². The van der Waals surface area contributed by atoms with E-state index in [2.05, 4.69) is 10.4 Å². The van der Waals surface area contributed by atoms with Crippen molar-refractivity contribution in [1.29, 1.82) is 0 Å². The lowest BCUT2D eigenvalue weighted by Crippen LogP contribution is -2.35. The summed E-state index contributed by atoms with van der Waals surface area (Å²) in [6, 6.07) is 10.4. The number of halogens is 5. The molecule has 6 nitrogen and oxygen atoms in total. The van der Waals surface area contributed by atoms with Gasteiger partial charge in [-0.1, -0.05) is 30.3 Å². The topological polar surface area (TPSA) is 73.2 Å². The third-order valence-corrected chi connectivity index (χ3v) is 5.78. The Kier molecular flexibility index (Phi) is 6.12. The predicted molar refractivity (Wildman–Crippen MR) is 115 cm³/mol. The second-order valence-electron chi connectivity index (χ2n) is 8.29. The third-order valence-electron chi connectivity index (χ3n) is 5.78. The summed E-state index contributed by atoms with van der Waals surface area (Å²) in [5.74, 6) is -1.74. The normalized spacial score (nSPS) is 14.6. The van der Waals surface area contributed by atoms with Gasteiger partial charge in [-0.2, -0.15) is 18.3 Å². The van der Waals surface area contributed by atoms with E-state index in [4.69, 9.17) is 4.74 Å². The van der Waals surface area contributed by atoms with Crippen LogP contribution in [0.25, 0.3) is 0 Å². The maximum Gasteiger partial charge on any atom is 0.416 e. The Morgan fingerprint density at radius 1 is 1.11 bits per heavy atom. The zero-order valence-corrected chi connectivity index (χ0v) is 18.6. The molecule has 0 radical (unpaired) electrons. The summed E-state index contributed by atoms with van der Waals surface area (Å²) in [7, 11) is 1.25.